The highest BCUT2D eigenvalue weighted by Gasteiger charge is 1.99. The van der Waals surface area contributed by atoms with Gasteiger partial charge in [0.1, 0.15) is 0 Å². The summed E-state index contributed by atoms with van der Waals surface area (Å²) in [4.78, 5) is 10.9. The van der Waals surface area contributed by atoms with Crippen molar-refractivity contribution in [2.45, 2.75) is 6.92 Å². The third-order valence-electron chi connectivity index (χ3n) is 2.01. The van der Waals surface area contributed by atoms with Crippen molar-refractivity contribution in [2.75, 3.05) is 24.6 Å². The molecule has 76 valence electrons. The van der Waals surface area contributed by atoms with Crippen molar-refractivity contribution in [2.24, 2.45) is 0 Å². The minimum Gasteiger partial charge on any atom is -0.398 e. The largest absolute Gasteiger partial charge is 0.398 e. The van der Waals surface area contributed by atoms with Crippen LogP contribution in [-0.2, 0) is 4.79 Å². The number of amides is 1. The van der Waals surface area contributed by atoms with Crippen molar-refractivity contribution in [1.82, 2.24) is 5.32 Å². The lowest BCUT2D eigenvalue weighted by molar-refractivity contribution is -0.118. The molecule has 4 heteroatoms. The van der Waals surface area contributed by atoms with Crippen LogP contribution in [0, 0.1) is 6.92 Å². The van der Waals surface area contributed by atoms with Crippen LogP contribution >= 0.6 is 0 Å². The minimum atomic E-state index is -0.0517. The van der Waals surface area contributed by atoms with Gasteiger partial charge < -0.3 is 16.4 Å². The second-order valence-corrected chi connectivity index (χ2v) is 3.10. The zero-order valence-electron chi connectivity index (χ0n) is 8.42. The predicted molar refractivity (Wildman–Crippen MR) is 58.1 cm³/mol. The van der Waals surface area contributed by atoms with Crippen LogP contribution in [0.4, 0.5) is 11.4 Å². The average molecular weight is 193 g/mol. The van der Waals surface area contributed by atoms with Gasteiger partial charge in [-0.05, 0) is 24.6 Å². The van der Waals surface area contributed by atoms with E-state index in [0.29, 0.717) is 0 Å². The quantitative estimate of drug-likeness (QED) is 0.620. The molecule has 1 rings (SSSR count). The first-order valence-electron chi connectivity index (χ1n) is 4.44. The molecular weight excluding hydrogens is 178 g/mol. The van der Waals surface area contributed by atoms with E-state index < -0.39 is 0 Å². The van der Waals surface area contributed by atoms with Crippen LogP contribution in [0.25, 0.3) is 0 Å². The molecule has 4 nitrogen and oxygen atoms in total. The Bertz CT molecular complexity index is 336. The number of hydrogen-bond acceptors (Lipinski definition) is 3. The summed E-state index contributed by atoms with van der Waals surface area (Å²) in [5.74, 6) is -0.0517. The zero-order valence-corrected chi connectivity index (χ0v) is 8.42. The number of nitrogens with two attached hydrogens (primary N) is 1. The number of carbonyl (C=O) groups excluding carboxylic acids is 1. The molecule has 0 atom stereocenters. The first-order valence-corrected chi connectivity index (χ1v) is 4.44. The fourth-order valence-corrected chi connectivity index (χ4v) is 1.02. The van der Waals surface area contributed by atoms with E-state index in [1.807, 2.05) is 25.1 Å². The summed E-state index contributed by atoms with van der Waals surface area (Å²) in [7, 11) is 1.60. The Kier molecular flexibility index (Phi) is 3.34. The van der Waals surface area contributed by atoms with E-state index in [-0.39, 0.29) is 12.5 Å². The van der Waals surface area contributed by atoms with Crippen LogP contribution in [-0.4, -0.2) is 19.5 Å². The Morgan fingerprint density at radius 1 is 1.50 bits per heavy atom. The molecule has 0 aliphatic rings. The first kappa shape index (κ1) is 10.4. The number of nitrogens with one attached hydrogen (secondary N) is 2. The highest BCUT2D eigenvalue weighted by molar-refractivity contribution is 5.80. The lowest BCUT2D eigenvalue weighted by Crippen LogP contribution is -2.26. The molecule has 0 radical (unpaired) electrons. The molecule has 4 N–H and O–H groups in total. The van der Waals surface area contributed by atoms with E-state index in [2.05, 4.69) is 10.6 Å². The topological polar surface area (TPSA) is 67.2 Å². The third-order valence-corrected chi connectivity index (χ3v) is 2.01. The Hall–Kier alpha value is -1.71. The molecule has 0 heterocycles. The smallest absolute Gasteiger partial charge is 0.239 e. The van der Waals surface area contributed by atoms with E-state index in [0.717, 1.165) is 16.9 Å². The normalized spacial score (nSPS) is 9.57. The maximum absolute atomic E-state index is 10.9. The number of anilines is 2. The molecule has 0 fully saturated rings. The predicted octanol–water partition coefficient (Wildman–Crippen LogP) is 0.735. The summed E-state index contributed by atoms with van der Waals surface area (Å²) in [6.07, 6.45) is 0. The number of benzene rings is 1. The Morgan fingerprint density at radius 2 is 2.21 bits per heavy atom. The fraction of sp³-hybridized carbons (Fsp3) is 0.300. The molecule has 0 spiro atoms. The fourth-order valence-electron chi connectivity index (χ4n) is 1.02. The van der Waals surface area contributed by atoms with Crippen LogP contribution < -0.4 is 16.4 Å². The van der Waals surface area contributed by atoms with Gasteiger partial charge >= 0.3 is 0 Å². The molecule has 1 aromatic rings. The maximum Gasteiger partial charge on any atom is 0.239 e. The molecule has 1 amide bonds. The monoisotopic (exact) mass is 193 g/mol. The van der Waals surface area contributed by atoms with Gasteiger partial charge in [-0.1, -0.05) is 6.07 Å². The second kappa shape index (κ2) is 4.50. The molecule has 0 aromatic heterocycles. The van der Waals surface area contributed by atoms with E-state index in [1.165, 1.54) is 0 Å². The van der Waals surface area contributed by atoms with Gasteiger partial charge in [0.15, 0.2) is 0 Å². The number of likely N-dealkylation sites (N-methyl/N-ethyl adjacent to an activating group) is 1. The molecule has 1 aromatic carbocycles. The van der Waals surface area contributed by atoms with Crippen LogP contribution in [0.15, 0.2) is 18.2 Å². The summed E-state index contributed by atoms with van der Waals surface area (Å²) in [6, 6.07) is 5.63. The van der Waals surface area contributed by atoms with Gasteiger partial charge in [0.05, 0.1) is 6.54 Å². The Balaban J connectivity index is 2.60. The number of nitrogen functional groups attached to an aromatic ring is 1. The first-order chi connectivity index (χ1) is 6.63. The lowest BCUT2D eigenvalue weighted by atomic mass is 10.2. The van der Waals surface area contributed by atoms with Crippen molar-refractivity contribution in [3.63, 3.8) is 0 Å². The van der Waals surface area contributed by atoms with Crippen molar-refractivity contribution in [3.8, 4) is 0 Å². The van der Waals surface area contributed by atoms with Gasteiger partial charge in [-0.15, -0.1) is 0 Å². The summed E-state index contributed by atoms with van der Waals surface area (Å²) in [5.41, 5.74) is 8.34. The maximum atomic E-state index is 10.9. The van der Waals surface area contributed by atoms with Crippen molar-refractivity contribution in [3.05, 3.63) is 23.8 Å². The number of aryl methyl sites for hydroxylation is 1. The van der Waals surface area contributed by atoms with Crippen molar-refractivity contribution in [1.29, 1.82) is 0 Å². The summed E-state index contributed by atoms with van der Waals surface area (Å²) in [5, 5.41) is 5.50. The molecular formula is C10H15N3O. The molecule has 0 unspecified atom stereocenters. The molecule has 0 saturated carbocycles. The van der Waals surface area contributed by atoms with Gasteiger partial charge in [-0.25, -0.2) is 0 Å². The minimum absolute atomic E-state index is 0.0517. The Morgan fingerprint density at radius 3 is 2.79 bits per heavy atom. The van der Waals surface area contributed by atoms with Crippen LogP contribution in [0.3, 0.4) is 0 Å². The highest BCUT2D eigenvalue weighted by Crippen LogP contribution is 2.16. The van der Waals surface area contributed by atoms with Crippen molar-refractivity contribution >= 4 is 17.3 Å². The van der Waals surface area contributed by atoms with Gasteiger partial charge in [0, 0.05) is 18.4 Å². The standard InChI is InChI=1S/C10H15N3O/c1-7-3-4-8(5-9(7)11)13-6-10(14)12-2/h3-5,13H,6,11H2,1-2H3,(H,12,14). The van der Waals surface area contributed by atoms with Crippen molar-refractivity contribution < 1.29 is 4.79 Å². The van der Waals surface area contributed by atoms with E-state index in [4.69, 9.17) is 5.73 Å². The van der Waals surface area contributed by atoms with Crippen LogP contribution in [0.1, 0.15) is 5.56 Å². The SMILES string of the molecule is CNC(=O)CNc1ccc(C)c(N)c1. The van der Waals surface area contributed by atoms with Crippen LogP contribution in [0.5, 0.6) is 0 Å². The highest BCUT2D eigenvalue weighted by atomic mass is 16.1. The summed E-state index contributed by atoms with van der Waals surface area (Å²) < 4.78 is 0. The number of carbonyl (C=O) groups is 1. The molecule has 14 heavy (non-hydrogen) atoms. The summed E-state index contributed by atoms with van der Waals surface area (Å²) >= 11 is 0. The summed E-state index contributed by atoms with van der Waals surface area (Å²) in [6.45, 7) is 2.21. The second-order valence-electron chi connectivity index (χ2n) is 3.10. The van der Waals surface area contributed by atoms with E-state index in [1.54, 1.807) is 7.05 Å². The van der Waals surface area contributed by atoms with E-state index in [9.17, 15) is 4.79 Å². The molecule has 0 aliphatic heterocycles. The lowest BCUT2D eigenvalue weighted by Gasteiger charge is -2.07. The number of rotatable bonds is 3. The van der Waals surface area contributed by atoms with Crippen LogP contribution in [0.2, 0.25) is 0 Å². The van der Waals surface area contributed by atoms with Gasteiger partial charge in [0.2, 0.25) is 5.91 Å². The van der Waals surface area contributed by atoms with Gasteiger partial charge in [0.25, 0.3) is 0 Å². The molecule has 0 bridgehead atoms. The van der Waals surface area contributed by atoms with Gasteiger partial charge in [-0.2, -0.15) is 0 Å². The number of hydrogen-bond donors (Lipinski definition) is 3. The average Bonchev–Trinajstić information content (AvgIpc) is 2.19. The van der Waals surface area contributed by atoms with E-state index >= 15 is 0 Å². The molecule has 0 saturated heterocycles. The molecule has 0 aliphatic carbocycles. The third kappa shape index (κ3) is 2.65. The Labute approximate surface area is 83.5 Å². The van der Waals surface area contributed by atoms with Gasteiger partial charge in [-0.3, -0.25) is 4.79 Å². The zero-order chi connectivity index (χ0) is 10.6.